The van der Waals surface area contributed by atoms with Crippen molar-refractivity contribution in [1.82, 2.24) is 14.9 Å². The fourth-order valence-electron chi connectivity index (χ4n) is 4.62. The Morgan fingerprint density at radius 1 is 1.00 bits per heavy atom. The van der Waals surface area contributed by atoms with E-state index >= 15 is 0 Å². The normalized spacial score (nSPS) is 20.5. The molecule has 2 atom stereocenters. The molecule has 0 aliphatic carbocycles. The van der Waals surface area contributed by atoms with Crippen molar-refractivity contribution in [1.29, 1.82) is 0 Å². The van der Waals surface area contributed by atoms with Crippen LogP contribution in [-0.4, -0.2) is 60.7 Å². The van der Waals surface area contributed by atoms with E-state index in [0.29, 0.717) is 23.0 Å². The minimum Gasteiger partial charge on any atom is -0.496 e. The molecule has 30 heavy (non-hydrogen) atoms. The van der Waals surface area contributed by atoms with Crippen molar-refractivity contribution in [2.75, 3.05) is 38.8 Å². The highest BCUT2D eigenvalue weighted by molar-refractivity contribution is 6.00. The van der Waals surface area contributed by atoms with E-state index in [4.69, 9.17) is 9.47 Å². The van der Waals surface area contributed by atoms with Crippen molar-refractivity contribution < 1.29 is 14.3 Å². The van der Waals surface area contributed by atoms with E-state index in [0.717, 1.165) is 42.8 Å². The Kier molecular flexibility index (Phi) is 4.65. The molecule has 1 amide bonds. The number of piperidine rings is 1. The zero-order valence-corrected chi connectivity index (χ0v) is 17.1. The van der Waals surface area contributed by atoms with Crippen LogP contribution in [0.4, 0.5) is 5.69 Å². The first-order valence-corrected chi connectivity index (χ1v) is 10.2. The van der Waals surface area contributed by atoms with Gasteiger partial charge in [-0.3, -0.25) is 14.8 Å². The summed E-state index contributed by atoms with van der Waals surface area (Å²) >= 11 is 0. The number of ether oxygens (including phenoxy) is 2. The summed E-state index contributed by atoms with van der Waals surface area (Å²) in [6.07, 6.45) is 4.48. The predicted octanol–water partition coefficient (Wildman–Crippen LogP) is 3.00. The van der Waals surface area contributed by atoms with Crippen molar-refractivity contribution in [2.24, 2.45) is 5.92 Å². The lowest BCUT2D eigenvalue weighted by molar-refractivity contribution is 0.00743. The minimum absolute atomic E-state index is 0.0308. The van der Waals surface area contributed by atoms with Crippen molar-refractivity contribution in [2.45, 2.75) is 12.5 Å². The van der Waals surface area contributed by atoms with Crippen molar-refractivity contribution >= 4 is 22.6 Å². The fourth-order valence-corrected chi connectivity index (χ4v) is 4.62. The number of methoxy groups -OCH3 is 2. The molecule has 5 rings (SSSR count). The van der Waals surface area contributed by atoms with Gasteiger partial charge in [0.1, 0.15) is 17.1 Å². The highest BCUT2D eigenvalue weighted by Gasteiger charge is 2.46. The highest BCUT2D eigenvalue weighted by Crippen LogP contribution is 2.38. The topological polar surface area (TPSA) is 67.8 Å². The molecule has 1 aromatic heterocycles. The maximum atomic E-state index is 13.4. The molecule has 2 saturated heterocycles. The maximum absolute atomic E-state index is 13.4. The quantitative estimate of drug-likeness (QED) is 0.666. The molecule has 2 aliphatic rings. The Labute approximate surface area is 175 Å². The predicted molar refractivity (Wildman–Crippen MR) is 114 cm³/mol. The second kappa shape index (κ2) is 7.48. The molecule has 0 spiro atoms. The van der Waals surface area contributed by atoms with Crippen LogP contribution in [0.1, 0.15) is 16.8 Å². The number of benzene rings is 2. The molecular weight excluding hydrogens is 380 g/mol. The lowest BCUT2D eigenvalue weighted by Crippen LogP contribution is -2.65. The van der Waals surface area contributed by atoms with Gasteiger partial charge in [0.25, 0.3) is 5.91 Å². The summed E-state index contributed by atoms with van der Waals surface area (Å²) in [5, 5.41) is 0. The number of hydrogen-bond donors (Lipinski definition) is 0. The Morgan fingerprint density at radius 3 is 2.47 bits per heavy atom. The van der Waals surface area contributed by atoms with E-state index in [-0.39, 0.29) is 11.9 Å². The number of carbonyl (C=O) groups is 1. The van der Waals surface area contributed by atoms with Crippen LogP contribution in [0.25, 0.3) is 11.0 Å². The second-order valence-corrected chi connectivity index (χ2v) is 7.79. The first-order chi connectivity index (χ1) is 14.7. The van der Waals surface area contributed by atoms with E-state index in [9.17, 15) is 4.79 Å². The van der Waals surface area contributed by atoms with Crippen LogP contribution in [0.3, 0.4) is 0 Å². The van der Waals surface area contributed by atoms with Gasteiger partial charge in [0, 0.05) is 43.6 Å². The van der Waals surface area contributed by atoms with E-state index in [1.165, 1.54) is 0 Å². The third kappa shape index (κ3) is 3.01. The summed E-state index contributed by atoms with van der Waals surface area (Å²) in [6.45, 7) is 2.56. The third-order valence-corrected chi connectivity index (χ3v) is 6.27. The molecule has 0 bridgehead atoms. The van der Waals surface area contributed by atoms with Gasteiger partial charge in [0.05, 0.1) is 31.3 Å². The standard InChI is InChI=1S/C23H24N4O3/c1-29-20-4-3-5-21(30-2)22(20)23(28)27-13-15-8-11-26(14-19(15)27)16-6-7-17-18(12-16)25-10-9-24-17/h3-7,9-10,12,15,19H,8,11,13-14H2,1-2H3. The molecule has 3 heterocycles. The SMILES string of the molecule is COc1cccc(OC)c1C(=O)N1CC2CCN(c3ccc4nccnc4c3)CC21. The molecule has 3 aromatic rings. The minimum atomic E-state index is -0.0308. The van der Waals surface area contributed by atoms with Gasteiger partial charge >= 0.3 is 0 Å². The molecule has 7 heteroatoms. The van der Waals surface area contributed by atoms with Crippen LogP contribution in [0.15, 0.2) is 48.8 Å². The molecule has 2 aromatic carbocycles. The number of anilines is 1. The number of aromatic nitrogens is 2. The number of rotatable bonds is 4. The highest BCUT2D eigenvalue weighted by atomic mass is 16.5. The molecule has 2 unspecified atom stereocenters. The van der Waals surface area contributed by atoms with E-state index in [1.807, 2.05) is 17.0 Å². The van der Waals surface area contributed by atoms with Crippen molar-refractivity contribution in [3.8, 4) is 11.5 Å². The van der Waals surface area contributed by atoms with Gasteiger partial charge in [0.2, 0.25) is 0 Å². The van der Waals surface area contributed by atoms with Crippen LogP contribution in [-0.2, 0) is 0 Å². The van der Waals surface area contributed by atoms with Crippen LogP contribution >= 0.6 is 0 Å². The van der Waals surface area contributed by atoms with Gasteiger partial charge in [-0.1, -0.05) is 6.07 Å². The summed E-state index contributed by atoms with van der Waals surface area (Å²) in [7, 11) is 3.16. The molecule has 0 N–H and O–H groups in total. The number of likely N-dealkylation sites (tertiary alicyclic amines) is 1. The Morgan fingerprint density at radius 2 is 1.73 bits per heavy atom. The largest absolute Gasteiger partial charge is 0.496 e. The molecule has 0 saturated carbocycles. The van der Waals surface area contributed by atoms with Gasteiger partial charge in [-0.25, -0.2) is 0 Å². The third-order valence-electron chi connectivity index (χ3n) is 6.27. The Balaban J connectivity index is 1.39. The molecule has 0 radical (unpaired) electrons. The van der Waals surface area contributed by atoms with E-state index < -0.39 is 0 Å². The van der Waals surface area contributed by atoms with E-state index in [1.54, 1.807) is 38.7 Å². The Bertz CT molecular complexity index is 1080. The van der Waals surface area contributed by atoms with Gasteiger partial charge in [-0.15, -0.1) is 0 Å². The summed E-state index contributed by atoms with van der Waals surface area (Å²) in [5.41, 5.74) is 3.40. The zero-order valence-electron chi connectivity index (χ0n) is 17.1. The summed E-state index contributed by atoms with van der Waals surface area (Å²) < 4.78 is 10.9. The van der Waals surface area contributed by atoms with Gasteiger partial charge < -0.3 is 19.3 Å². The average Bonchev–Trinajstić information content (AvgIpc) is 2.78. The Hall–Kier alpha value is -3.35. The summed E-state index contributed by atoms with van der Waals surface area (Å²) in [6, 6.07) is 11.8. The first-order valence-electron chi connectivity index (χ1n) is 10.2. The summed E-state index contributed by atoms with van der Waals surface area (Å²) in [5.74, 6) is 1.59. The molecule has 7 nitrogen and oxygen atoms in total. The van der Waals surface area contributed by atoms with Crippen LogP contribution in [0.5, 0.6) is 11.5 Å². The van der Waals surface area contributed by atoms with Gasteiger partial charge in [0.15, 0.2) is 0 Å². The van der Waals surface area contributed by atoms with Crippen LogP contribution in [0.2, 0.25) is 0 Å². The van der Waals surface area contributed by atoms with Crippen LogP contribution < -0.4 is 14.4 Å². The smallest absolute Gasteiger partial charge is 0.261 e. The molecule has 2 aliphatic heterocycles. The van der Waals surface area contributed by atoms with E-state index in [2.05, 4.69) is 27.0 Å². The number of nitrogens with zero attached hydrogens (tertiary/aromatic N) is 4. The molecule has 2 fully saturated rings. The molecular formula is C23H24N4O3. The van der Waals surface area contributed by atoms with Crippen LogP contribution in [0, 0.1) is 5.92 Å². The lowest BCUT2D eigenvalue weighted by atomic mass is 9.81. The second-order valence-electron chi connectivity index (χ2n) is 7.79. The average molecular weight is 404 g/mol. The fraction of sp³-hybridized carbons (Fsp3) is 0.348. The summed E-state index contributed by atoms with van der Waals surface area (Å²) in [4.78, 5) is 26.5. The van der Waals surface area contributed by atoms with Gasteiger partial charge in [-0.05, 0) is 36.8 Å². The number of hydrogen-bond acceptors (Lipinski definition) is 6. The van der Waals surface area contributed by atoms with Gasteiger partial charge in [-0.2, -0.15) is 0 Å². The molecule has 154 valence electrons. The maximum Gasteiger partial charge on any atom is 0.261 e. The number of amides is 1. The lowest BCUT2D eigenvalue weighted by Gasteiger charge is -2.54. The van der Waals surface area contributed by atoms with Crippen molar-refractivity contribution in [3.05, 3.63) is 54.4 Å². The monoisotopic (exact) mass is 404 g/mol. The van der Waals surface area contributed by atoms with Crippen molar-refractivity contribution in [3.63, 3.8) is 0 Å². The first kappa shape index (κ1) is 18.7. The number of carbonyl (C=O) groups excluding carboxylic acids is 1. The zero-order chi connectivity index (χ0) is 20.7. The number of fused-ring (bicyclic) bond motifs is 2.